The second-order valence-electron chi connectivity index (χ2n) is 8.14. The summed E-state index contributed by atoms with van der Waals surface area (Å²) in [5.41, 5.74) is -0.742. The van der Waals surface area contributed by atoms with Crippen LogP contribution in [-0.2, 0) is 9.59 Å². The summed E-state index contributed by atoms with van der Waals surface area (Å²) in [5, 5.41) is 5.25. The Labute approximate surface area is 156 Å². The zero-order valence-electron chi connectivity index (χ0n) is 14.7. The van der Waals surface area contributed by atoms with Gasteiger partial charge in [-0.1, -0.05) is 73.1 Å². The number of carbonyl (C=O) groups is 2. The van der Waals surface area contributed by atoms with Crippen LogP contribution < -0.4 is 5.32 Å². The molecule has 4 heteroatoms. The lowest BCUT2D eigenvalue weighted by Gasteiger charge is -2.39. The molecule has 2 aromatic rings. The molecule has 0 saturated heterocycles. The molecule has 0 spiro atoms. The van der Waals surface area contributed by atoms with Crippen LogP contribution >= 0.6 is 15.9 Å². The van der Waals surface area contributed by atoms with Crippen molar-refractivity contribution in [2.24, 2.45) is 16.2 Å². The Morgan fingerprint density at radius 2 is 1.76 bits per heavy atom. The van der Waals surface area contributed by atoms with Gasteiger partial charge in [0.2, 0.25) is 5.91 Å². The topological polar surface area (TPSA) is 46.2 Å². The highest BCUT2D eigenvalue weighted by Gasteiger charge is 2.76. The highest BCUT2D eigenvalue weighted by atomic mass is 79.9. The summed E-state index contributed by atoms with van der Waals surface area (Å²) < 4.78 is 0. The quantitative estimate of drug-likeness (QED) is 0.726. The molecule has 25 heavy (non-hydrogen) atoms. The van der Waals surface area contributed by atoms with E-state index in [1.54, 1.807) is 0 Å². The maximum atomic E-state index is 13.5. The van der Waals surface area contributed by atoms with Gasteiger partial charge in [-0.05, 0) is 29.7 Å². The molecule has 0 aromatic heterocycles. The third kappa shape index (κ3) is 1.86. The molecule has 0 heterocycles. The van der Waals surface area contributed by atoms with Gasteiger partial charge in [0, 0.05) is 16.5 Å². The van der Waals surface area contributed by atoms with Crippen molar-refractivity contribution in [1.82, 2.24) is 0 Å². The number of hydrogen-bond donors (Lipinski definition) is 1. The van der Waals surface area contributed by atoms with Crippen molar-refractivity contribution in [1.29, 1.82) is 0 Å². The zero-order chi connectivity index (χ0) is 18.0. The molecule has 0 radical (unpaired) electrons. The molecule has 1 amide bonds. The van der Waals surface area contributed by atoms with E-state index in [0.717, 1.165) is 29.3 Å². The Kier molecular flexibility index (Phi) is 3.46. The van der Waals surface area contributed by atoms with Crippen LogP contribution in [0.3, 0.4) is 0 Å². The average Bonchev–Trinajstić information content (AvgIpc) is 2.87. The van der Waals surface area contributed by atoms with Crippen molar-refractivity contribution in [3.8, 4) is 0 Å². The predicted octanol–water partition coefficient (Wildman–Crippen LogP) is 4.94. The van der Waals surface area contributed by atoms with Crippen LogP contribution in [-0.4, -0.2) is 16.5 Å². The number of amides is 1. The molecule has 2 aliphatic rings. The third-order valence-electron chi connectivity index (χ3n) is 7.16. The van der Waals surface area contributed by atoms with Gasteiger partial charge in [0.25, 0.3) is 0 Å². The largest absolute Gasteiger partial charge is 0.325 e. The Morgan fingerprint density at radius 1 is 1.08 bits per heavy atom. The van der Waals surface area contributed by atoms with Crippen LogP contribution in [0, 0.1) is 16.2 Å². The van der Waals surface area contributed by atoms with E-state index < -0.39 is 15.7 Å². The van der Waals surface area contributed by atoms with E-state index in [4.69, 9.17) is 0 Å². The van der Waals surface area contributed by atoms with Crippen molar-refractivity contribution in [2.45, 2.75) is 38.4 Å². The van der Waals surface area contributed by atoms with Crippen LogP contribution in [0.25, 0.3) is 10.8 Å². The minimum absolute atomic E-state index is 0.0506. The zero-order valence-corrected chi connectivity index (χ0v) is 16.3. The SMILES string of the molecule is CC1(C)[C@]2(C)CC[C@@]1(C(=O)Nc1cccc3ccccc13)[C@@H](Br)C2=O. The molecule has 2 bridgehead atoms. The van der Waals surface area contributed by atoms with Gasteiger partial charge >= 0.3 is 0 Å². The van der Waals surface area contributed by atoms with Gasteiger partial charge in [-0.25, -0.2) is 0 Å². The van der Waals surface area contributed by atoms with Gasteiger partial charge in [0.15, 0.2) is 5.78 Å². The minimum Gasteiger partial charge on any atom is -0.325 e. The second-order valence-corrected chi connectivity index (χ2v) is 9.05. The van der Waals surface area contributed by atoms with Crippen molar-refractivity contribution in [2.75, 3.05) is 5.32 Å². The number of benzene rings is 2. The number of hydrogen-bond acceptors (Lipinski definition) is 2. The van der Waals surface area contributed by atoms with Gasteiger partial charge in [-0.2, -0.15) is 0 Å². The maximum absolute atomic E-state index is 13.5. The highest BCUT2D eigenvalue weighted by molar-refractivity contribution is 9.10. The number of carbonyl (C=O) groups excluding carboxylic acids is 2. The Bertz CT molecular complexity index is 900. The molecule has 0 unspecified atom stereocenters. The third-order valence-corrected chi connectivity index (χ3v) is 8.36. The number of halogens is 1. The van der Waals surface area contributed by atoms with Crippen LogP contribution in [0.4, 0.5) is 5.69 Å². The number of ketones is 1. The van der Waals surface area contributed by atoms with E-state index >= 15 is 0 Å². The average molecular weight is 400 g/mol. The maximum Gasteiger partial charge on any atom is 0.232 e. The molecule has 2 saturated carbocycles. The van der Waals surface area contributed by atoms with E-state index in [2.05, 4.69) is 35.1 Å². The summed E-state index contributed by atoms with van der Waals surface area (Å²) >= 11 is 3.58. The lowest BCUT2D eigenvalue weighted by atomic mass is 9.64. The standard InChI is InChI=1S/C21H22BrNO2/c1-19(2)20(3)11-12-21(19,16(22)17(20)24)18(25)23-15-10-6-8-13-7-4-5-9-14(13)15/h4-10,16H,11-12H2,1-3H3,(H,23,25)/t16-,20+,21-/m0/s1. The molecule has 4 rings (SSSR count). The normalized spacial score (nSPS) is 33.0. The monoisotopic (exact) mass is 399 g/mol. The van der Waals surface area contributed by atoms with E-state index in [-0.39, 0.29) is 17.1 Å². The van der Waals surface area contributed by atoms with Crippen LogP contribution in [0.15, 0.2) is 42.5 Å². The number of fused-ring (bicyclic) bond motifs is 3. The first-order valence-electron chi connectivity index (χ1n) is 8.73. The van der Waals surface area contributed by atoms with E-state index in [1.165, 1.54) is 0 Å². The predicted molar refractivity (Wildman–Crippen MR) is 104 cm³/mol. The number of nitrogens with one attached hydrogen (secondary N) is 1. The van der Waals surface area contributed by atoms with E-state index in [9.17, 15) is 9.59 Å². The fourth-order valence-electron chi connectivity index (χ4n) is 5.02. The van der Waals surface area contributed by atoms with E-state index in [0.29, 0.717) is 0 Å². The van der Waals surface area contributed by atoms with Crippen LogP contribution in [0.5, 0.6) is 0 Å². The number of Topliss-reactive ketones (excluding diaryl/α,β-unsaturated/α-hetero) is 1. The fraction of sp³-hybridized carbons (Fsp3) is 0.429. The van der Waals surface area contributed by atoms with Crippen molar-refractivity contribution in [3.05, 3.63) is 42.5 Å². The molecule has 0 aliphatic heterocycles. The summed E-state index contributed by atoms with van der Waals surface area (Å²) in [6.45, 7) is 6.16. The summed E-state index contributed by atoms with van der Waals surface area (Å²) in [4.78, 5) is 25.9. The molecule has 2 aliphatic carbocycles. The number of rotatable bonds is 2. The van der Waals surface area contributed by atoms with Crippen LogP contribution in [0.2, 0.25) is 0 Å². The van der Waals surface area contributed by atoms with Gasteiger partial charge in [-0.15, -0.1) is 0 Å². The van der Waals surface area contributed by atoms with Crippen LogP contribution in [0.1, 0.15) is 33.6 Å². The second kappa shape index (κ2) is 5.16. The molecule has 130 valence electrons. The Balaban J connectivity index is 1.78. The molecule has 2 aromatic carbocycles. The summed E-state index contributed by atoms with van der Waals surface area (Å²) in [6.07, 6.45) is 1.50. The van der Waals surface area contributed by atoms with Crippen molar-refractivity contribution in [3.63, 3.8) is 0 Å². The Morgan fingerprint density at radius 3 is 2.44 bits per heavy atom. The molecule has 2 fully saturated rings. The van der Waals surface area contributed by atoms with Crippen molar-refractivity contribution >= 4 is 44.1 Å². The first kappa shape index (κ1) is 16.8. The molecular formula is C21H22BrNO2. The smallest absolute Gasteiger partial charge is 0.232 e. The lowest BCUT2D eigenvalue weighted by Crippen LogP contribution is -2.48. The number of alkyl halides is 1. The Hall–Kier alpha value is -1.68. The van der Waals surface area contributed by atoms with Gasteiger partial charge < -0.3 is 5.32 Å². The fourth-order valence-corrected chi connectivity index (χ4v) is 6.54. The minimum atomic E-state index is -0.713. The first-order chi connectivity index (χ1) is 11.8. The van der Waals surface area contributed by atoms with Crippen molar-refractivity contribution < 1.29 is 9.59 Å². The summed E-state index contributed by atoms with van der Waals surface area (Å²) in [6, 6.07) is 13.9. The molecule has 3 atom stereocenters. The van der Waals surface area contributed by atoms with E-state index in [1.807, 2.05) is 49.4 Å². The summed E-state index contributed by atoms with van der Waals surface area (Å²) in [7, 11) is 0. The highest BCUT2D eigenvalue weighted by Crippen LogP contribution is 2.72. The number of anilines is 1. The first-order valence-corrected chi connectivity index (χ1v) is 9.65. The lowest BCUT2D eigenvalue weighted by molar-refractivity contribution is -0.130. The summed E-state index contributed by atoms with van der Waals surface area (Å²) in [5.74, 6) is 0.113. The van der Waals surface area contributed by atoms with Gasteiger partial charge in [0.1, 0.15) is 0 Å². The molecule has 3 nitrogen and oxygen atoms in total. The molecule has 1 N–H and O–H groups in total. The molecular weight excluding hydrogens is 378 g/mol. The van der Waals surface area contributed by atoms with Gasteiger partial charge in [0.05, 0.1) is 10.2 Å². The van der Waals surface area contributed by atoms with Gasteiger partial charge in [-0.3, -0.25) is 9.59 Å².